The van der Waals surface area contributed by atoms with Gasteiger partial charge in [0.25, 0.3) is 0 Å². The number of hydrogen-bond acceptors (Lipinski definition) is 7. The number of ether oxygens (including phenoxy) is 2. The summed E-state index contributed by atoms with van der Waals surface area (Å²) in [5.41, 5.74) is 0.972. The third-order valence-corrected chi connectivity index (χ3v) is 8.47. The second-order valence-corrected chi connectivity index (χ2v) is 11.7. The van der Waals surface area contributed by atoms with E-state index in [-0.39, 0.29) is 17.3 Å². The molecule has 4 aromatic rings. The second-order valence-electron chi connectivity index (χ2n) is 8.87. The Kier molecular flexibility index (Phi) is 8.39. The SMILES string of the molecule is COc1ccc(C(C)(C)c2nnc(SCCNS(=O)(=O)c3ccccc3)n2-c2ccc(F)cc2)cc1OC. The number of halogens is 1. The first-order valence-corrected chi connectivity index (χ1v) is 14.3. The molecule has 0 radical (unpaired) electrons. The van der Waals surface area contributed by atoms with E-state index in [2.05, 4.69) is 14.9 Å². The van der Waals surface area contributed by atoms with Crippen LogP contribution in [-0.2, 0) is 15.4 Å². The summed E-state index contributed by atoms with van der Waals surface area (Å²) in [6.07, 6.45) is 0. The van der Waals surface area contributed by atoms with Gasteiger partial charge >= 0.3 is 0 Å². The van der Waals surface area contributed by atoms with E-state index >= 15 is 0 Å². The van der Waals surface area contributed by atoms with Gasteiger partial charge in [-0.1, -0.05) is 36.0 Å². The van der Waals surface area contributed by atoms with Gasteiger partial charge in [-0.15, -0.1) is 10.2 Å². The van der Waals surface area contributed by atoms with E-state index in [1.807, 2.05) is 36.6 Å². The van der Waals surface area contributed by atoms with Crippen LogP contribution in [0.2, 0.25) is 0 Å². The van der Waals surface area contributed by atoms with Crippen molar-refractivity contribution in [1.29, 1.82) is 0 Å². The van der Waals surface area contributed by atoms with E-state index in [0.29, 0.717) is 33.9 Å². The molecule has 0 aliphatic rings. The topological polar surface area (TPSA) is 95.3 Å². The van der Waals surface area contributed by atoms with Crippen molar-refractivity contribution in [3.8, 4) is 17.2 Å². The molecule has 0 spiro atoms. The minimum absolute atomic E-state index is 0.187. The van der Waals surface area contributed by atoms with Crippen molar-refractivity contribution in [2.75, 3.05) is 26.5 Å². The van der Waals surface area contributed by atoms with Crippen LogP contribution in [0, 0.1) is 5.82 Å². The van der Waals surface area contributed by atoms with Gasteiger partial charge < -0.3 is 9.47 Å². The van der Waals surface area contributed by atoms with E-state index in [1.165, 1.54) is 23.9 Å². The van der Waals surface area contributed by atoms with Gasteiger partial charge in [-0.05, 0) is 67.9 Å². The Labute approximate surface area is 226 Å². The van der Waals surface area contributed by atoms with Gasteiger partial charge in [0, 0.05) is 18.0 Å². The second kappa shape index (κ2) is 11.5. The highest BCUT2D eigenvalue weighted by atomic mass is 32.2. The summed E-state index contributed by atoms with van der Waals surface area (Å²) in [6, 6.07) is 20.0. The molecule has 38 heavy (non-hydrogen) atoms. The van der Waals surface area contributed by atoms with E-state index in [4.69, 9.17) is 9.47 Å². The average molecular weight is 557 g/mol. The number of benzene rings is 3. The number of thioether (sulfide) groups is 1. The fraction of sp³-hybridized carbons (Fsp3) is 0.259. The van der Waals surface area contributed by atoms with Crippen LogP contribution in [0.25, 0.3) is 5.69 Å². The largest absolute Gasteiger partial charge is 0.493 e. The van der Waals surface area contributed by atoms with Crippen LogP contribution < -0.4 is 14.2 Å². The number of sulfonamides is 1. The lowest BCUT2D eigenvalue weighted by Crippen LogP contribution is -2.26. The summed E-state index contributed by atoms with van der Waals surface area (Å²) in [5, 5.41) is 9.50. The Morgan fingerprint density at radius 3 is 2.29 bits per heavy atom. The molecule has 0 saturated carbocycles. The van der Waals surface area contributed by atoms with Gasteiger partial charge in [-0.2, -0.15) is 0 Å². The molecule has 0 saturated heterocycles. The predicted molar refractivity (Wildman–Crippen MR) is 145 cm³/mol. The fourth-order valence-electron chi connectivity index (χ4n) is 3.95. The van der Waals surface area contributed by atoms with Crippen LogP contribution in [0.5, 0.6) is 11.5 Å². The van der Waals surface area contributed by atoms with Gasteiger partial charge in [0.1, 0.15) is 11.6 Å². The smallest absolute Gasteiger partial charge is 0.240 e. The van der Waals surface area contributed by atoms with Crippen LogP contribution >= 0.6 is 11.8 Å². The summed E-state index contributed by atoms with van der Waals surface area (Å²) in [5.74, 6) is 1.88. The van der Waals surface area contributed by atoms with Crippen LogP contribution in [0.1, 0.15) is 25.2 Å². The maximum absolute atomic E-state index is 13.7. The van der Waals surface area contributed by atoms with Crippen molar-refractivity contribution >= 4 is 21.8 Å². The zero-order valence-corrected chi connectivity index (χ0v) is 23.1. The van der Waals surface area contributed by atoms with Crippen LogP contribution in [0.4, 0.5) is 4.39 Å². The standard InChI is InChI=1S/C27H29FN4O4S2/c1-27(2,19-10-15-23(35-3)24(18-19)36-4)25-30-31-26(32(25)21-13-11-20(28)12-14-21)37-17-16-29-38(33,34)22-8-6-5-7-9-22/h5-15,18,29H,16-17H2,1-4H3. The van der Waals surface area contributed by atoms with E-state index in [1.54, 1.807) is 56.7 Å². The van der Waals surface area contributed by atoms with Gasteiger partial charge in [-0.3, -0.25) is 4.57 Å². The Morgan fingerprint density at radius 1 is 0.947 bits per heavy atom. The van der Waals surface area contributed by atoms with Crippen LogP contribution in [0.3, 0.4) is 0 Å². The summed E-state index contributed by atoms with van der Waals surface area (Å²) < 4.78 is 54.2. The first kappa shape index (κ1) is 27.6. The first-order chi connectivity index (χ1) is 18.2. The lowest BCUT2D eigenvalue weighted by molar-refractivity contribution is 0.353. The Bertz CT molecular complexity index is 1490. The quantitative estimate of drug-likeness (QED) is 0.209. The molecule has 0 atom stereocenters. The molecular formula is C27H29FN4O4S2. The molecule has 0 unspecified atom stereocenters. The maximum Gasteiger partial charge on any atom is 0.240 e. The maximum atomic E-state index is 13.7. The highest BCUT2D eigenvalue weighted by molar-refractivity contribution is 7.99. The highest BCUT2D eigenvalue weighted by Crippen LogP contribution is 2.38. The molecule has 0 fully saturated rings. The Balaban J connectivity index is 1.63. The zero-order valence-electron chi connectivity index (χ0n) is 21.5. The summed E-state index contributed by atoms with van der Waals surface area (Å²) >= 11 is 1.35. The van der Waals surface area contributed by atoms with Crippen molar-refractivity contribution in [3.05, 3.63) is 90.0 Å². The number of methoxy groups -OCH3 is 2. The number of nitrogens with one attached hydrogen (secondary N) is 1. The number of rotatable bonds is 11. The van der Waals surface area contributed by atoms with Crippen LogP contribution in [-0.4, -0.2) is 49.7 Å². The molecule has 8 nitrogen and oxygen atoms in total. The minimum Gasteiger partial charge on any atom is -0.493 e. The first-order valence-electron chi connectivity index (χ1n) is 11.8. The lowest BCUT2D eigenvalue weighted by atomic mass is 9.83. The van der Waals surface area contributed by atoms with E-state index in [9.17, 15) is 12.8 Å². The van der Waals surface area contributed by atoms with E-state index in [0.717, 1.165) is 5.56 Å². The van der Waals surface area contributed by atoms with Gasteiger partial charge in [0.15, 0.2) is 16.7 Å². The third kappa shape index (κ3) is 5.85. The Hall–Kier alpha value is -3.41. The molecular weight excluding hydrogens is 527 g/mol. The zero-order chi connectivity index (χ0) is 27.3. The molecule has 1 aromatic heterocycles. The molecule has 4 rings (SSSR count). The molecule has 3 aromatic carbocycles. The van der Waals surface area contributed by atoms with Crippen LogP contribution in [0.15, 0.2) is 82.8 Å². The van der Waals surface area contributed by atoms with Gasteiger partial charge in [-0.25, -0.2) is 17.5 Å². The fourth-order valence-corrected chi connectivity index (χ4v) is 5.93. The Morgan fingerprint density at radius 2 is 1.63 bits per heavy atom. The molecule has 200 valence electrons. The van der Waals surface area contributed by atoms with Gasteiger partial charge in [0.05, 0.1) is 24.5 Å². The van der Waals surface area contributed by atoms with Crippen molar-refractivity contribution < 1.29 is 22.3 Å². The van der Waals surface area contributed by atoms with Crippen molar-refractivity contribution in [3.63, 3.8) is 0 Å². The molecule has 1 heterocycles. The van der Waals surface area contributed by atoms with Crippen molar-refractivity contribution in [1.82, 2.24) is 19.5 Å². The third-order valence-electron chi connectivity index (χ3n) is 6.06. The summed E-state index contributed by atoms with van der Waals surface area (Å²) in [4.78, 5) is 0.207. The van der Waals surface area contributed by atoms with Crippen molar-refractivity contribution in [2.45, 2.75) is 29.3 Å². The lowest BCUT2D eigenvalue weighted by Gasteiger charge is -2.26. The average Bonchev–Trinajstić information content (AvgIpc) is 3.36. The number of nitrogens with zero attached hydrogens (tertiary/aromatic N) is 3. The van der Waals surface area contributed by atoms with Crippen molar-refractivity contribution in [2.24, 2.45) is 0 Å². The monoisotopic (exact) mass is 556 g/mol. The molecule has 0 aliphatic carbocycles. The molecule has 1 N–H and O–H groups in total. The van der Waals surface area contributed by atoms with Gasteiger partial charge in [0.2, 0.25) is 10.0 Å². The summed E-state index contributed by atoms with van der Waals surface area (Å²) in [6.45, 7) is 4.22. The van der Waals surface area contributed by atoms with E-state index < -0.39 is 15.4 Å². The summed E-state index contributed by atoms with van der Waals surface area (Å²) in [7, 11) is -0.458. The molecule has 0 amide bonds. The highest BCUT2D eigenvalue weighted by Gasteiger charge is 2.32. The predicted octanol–water partition coefficient (Wildman–Crippen LogP) is 4.82. The number of hydrogen-bond donors (Lipinski definition) is 1. The molecule has 0 bridgehead atoms. The number of aromatic nitrogens is 3. The molecule has 11 heteroatoms. The molecule has 0 aliphatic heterocycles. The normalized spacial score (nSPS) is 11.9. The minimum atomic E-state index is -3.62.